The van der Waals surface area contributed by atoms with Gasteiger partial charge in [0.25, 0.3) is 16.8 Å². The molecular formula is C26H26BrN3O7S. The number of imide groups is 1. The molecule has 2 heterocycles. The number of hydrogen-bond acceptors (Lipinski definition) is 8. The van der Waals surface area contributed by atoms with Crippen molar-refractivity contribution in [1.29, 1.82) is 0 Å². The second kappa shape index (κ2) is 12.4. The zero-order valence-corrected chi connectivity index (χ0v) is 23.1. The Bertz CT molecular complexity index is 1280. The summed E-state index contributed by atoms with van der Waals surface area (Å²) in [7, 11) is 0. The van der Waals surface area contributed by atoms with Gasteiger partial charge in [-0.2, -0.15) is 0 Å². The summed E-state index contributed by atoms with van der Waals surface area (Å²) < 4.78 is 12.3. The van der Waals surface area contributed by atoms with Gasteiger partial charge in [0.15, 0.2) is 11.5 Å². The van der Waals surface area contributed by atoms with E-state index in [0.717, 1.165) is 41.5 Å². The Morgan fingerprint density at radius 3 is 2.50 bits per heavy atom. The molecule has 38 heavy (non-hydrogen) atoms. The molecule has 2 aromatic carbocycles. The summed E-state index contributed by atoms with van der Waals surface area (Å²) in [6.45, 7) is 3.38. The molecule has 0 aliphatic carbocycles. The largest absolute Gasteiger partial charge is 0.490 e. The molecule has 2 saturated heterocycles. The molecule has 2 aliphatic rings. The zero-order valence-electron chi connectivity index (χ0n) is 20.7. The first-order valence-corrected chi connectivity index (χ1v) is 13.7. The highest BCUT2D eigenvalue weighted by Gasteiger charge is 2.37. The molecule has 0 saturated carbocycles. The molecule has 2 aliphatic heterocycles. The van der Waals surface area contributed by atoms with E-state index in [1.807, 2.05) is 6.92 Å². The highest BCUT2D eigenvalue weighted by atomic mass is 79.9. The highest BCUT2D eigenvalue weighted by Crippen LogP contribution is 2.40. The lowest BCUT2D eigenvalue weighted by Gasteiger charge is -2.27. The summed E-state index contributed by atoms with van der Waals surface area (Å²) in [5.74, 6) is 0.138. The second-order valence-corrected chi connectivity index (χ2v) is 10.5. The maximum absolute atomic E-state index is 13.0. The minimum Gasteiger partial charge on any atom is -0.490 e. The first kappa shape index (κ1) is 27.6. The molecule has 2 fully saturated rings. The molecule has 10 nitrogen and oxygen atoms in total. The number of carbonyl (C=O) groups is 3. The smallest absolute Gasteiger partial charge is 0.294 e. The Hall–Kier alpha value is -3.38. The molecule has 2 aromatic rings. The first-order chi connectivity index (χ1) is 18.3. The number of hydrogen-bond donors (Lipinski definition) is 0. The minimum atomic E-state index is -0.502. The number of rotatable bonds is 9. The van der Waals surface area contributed by atoms with Crippen LogP contribution in [0.2, 0.25) is 0 Å². The van der Waals surface area contributed by atoms with Crippen LogP contribution in [0.4, 0.5) is 10.5 Å². The Morgan fingerprint density at radius 2 is 1.84 bits per heavy atom. The number of piperidine rings is 1. The number of non-ortho nitro benzene ring substituents is 1. The maximum atomic E-state index is 13.0. The third kappa shape index (κ3) is 6.54. The van der Waals surface area contributed by atoms with Gasteiger partial charge in [0.05, 0.1) is 20.9 Å². The van der Waals surface area contributed by atoms with Crippen LogP contribution in [0.25, 0.3) is 6.08 Å². The zero-order chi connectivity index (χ0) is 27.2. The number of benzene rings is 2. The number of halogens is 1. The van der Waals surface area contributed by atoms with Gasteiger partial charge in [-0.1, -0.05) is 0 Å². The van der Waals surface area contributed by atoms with Crippen LogP contribution in [-0.4, -0.2) is 58.0 Å². The summed E-state index contributed by atoms with van der Waals surface area (Å²) in [5.41, 5.74) is 1.34. The topological polar surface area (TPSA) is 119 Å². The number of ether oxygens (including phenoxy) is 2. The first-order valence-electron chi connectivity index (χ1n) is 12.1. The number of amides is 3. The van der Waals surface area contributed by atoms with Crippen LogP contribution in [-0.2, 0) is 16.2 Å². The molecule has 0 N–H and O–H groups in total. The van der Waals surface area contributed by atoms with E-state index in [0.29, 0.717) is 41.2 Å². The summed E-state index contributed by atoms with van der Waals surface area (Å²) >= 11 is 4.29. The van der Waals surface area contributed by atoms with Crippen LogP contribution in [0, 0.1) is 10.1 Å². The Kier molecular flexibility index (Phi) is 9.05. The molecule has 12 heteroatoms. The van der Waals surface area contributed by atoms with Gasteiger partial charge < -0.3 is 14.4 Å². The fourth-order valence-electron chi connectivity index (χ4n) is 4.11. The fraction of sp³-hybridized carbons (Fsp3) is 0.346. The average Bonchev–Trinajstić information content (AvgIpc) is 3.16. The standard InChI is InChI=1S/C26H26BrN3O7S/c1-2-36-21-13-18(12-20(27)24(21)37-16-17-6-8-19(9-7-17)30(34)35)14-22-25(32)29(26(33)38-22)15-23(31)28-10-4-3-5-11-28/h6-9,12-14H,2-5,10-11,15-16H2,1H3/b22-14-. The van der Waals surface area contributed by atoms with Crippen molar-refractivity contribution in [1.82, 2.24) is 9.80 Å². The maximum Gasteiger partial charge on any atom is 0.294 e. The van der Waals surface area contributed by atoms with E-state index in [1.54, 1.807) is 35.2 Å². The van der Waals surface area contributed by atoms with Crippen molar-refractivity contribution in [3.05, 3.63) is 67.0 Å². The van der Waals surface area contributed by atoms with E-state index in [4.69, 9.17) is 9.47 Å². The summed E-state index contributed by atoms with van der Waals surface area (Å²) in [6, 6.07) is 9.49. The number of nitro benzene ring substituents is 1. The van der Waals surface area contributed by atoms with Gasteiger partial charge in [-0.15, -0.1) is 0 Å². The van der Waals surface area contributed by atoms with E-state index in [9.17, 15) is 24.5 Å². The lowest BCUT2D eigenvalue weighted by Crippen LogP contribution is -2.44. The molecule has 4 rings (SSSR count). The van der Waals surface area contributed by atoms with E-state index in [2.05, 4.69) is 15.9 Å². The van der Waals surface area contributed by atoms with Gasteiger partial charge in [0.2, 0.25) is 5.91 Å². The third-order valence-corrected chi connectivity index (χ3v) is 7.53. The molecule has 0 atom stereocenters. The summed E-state index contributed by atoms with van der Waals surface area (Å²) in [5, 5.41) is 10.4. The van der Waals surface area contributed by atoms with Gasteiger partial charge in [-0.05, 0) is 95.3 Å². The van der Waals surface area contributed by atoms with Gasteiger partial charge in [-0.25, -0.2) is 0 Å². The number of nitrogens with zero attached hydrogens (tertiary/aromatic N) is 3. The Morgan fingerprint density at radius 1 is 1.13 bits per heavy atom. The van der Waals surface area contributed by atoms with Crippen LogP contribution in [0.3, 0.4) is 0 Å². The molecule has 0 spiro atoms. The van der Waals surface area contributed by atoms with Crippen molar-refractivity contribution in [2.24, 2.45) is 0 Å². The van der Waals surface area contributed by atoms with E-state index >= 15 is 0 Å². The average molecular weight is 604 g/mol. The number of likely N-dealkylation sites (tertiary alicyclic amines) is 1. The monoisotopic (exact) mass is 603 g/mol. The van der Waals surface area contributed by atoms with Crippen LogP contribution >= 0.6 is 27.7 Å². The molecule has 0 unspecified atom stereocenters. The van der Waals surface area contributed by atoms with Crippen LogP contribution in [0.15, 0.2) is 45.8 Å². The Labute approximate surface area is 232 Å². The SMILES string of the molecule is CCOc1cc(/C=C2\SC(=O)N(CC(=O)N3CCCCC3)C2=O)cc(Br)c1OCc1ccc([N+](=O)[O-])cc1. The lowest BCUT2D eigenvalue weighted by atomic mass is 10.1. The molecular weight excluding hydrogens is 578 g/mol. The van der Waals surface area contributed by atoms with Crippen LogP contribution in [0.5, 0.6) is 11.5 Å². The van der Waals surface area contributed by atoms with Gasteiger partial charge in [0.1, 0.15) is 13.2 Å². The second-order valence-electron chi connectivity index (χ2n) is 8.68. The van der Waals surface area contributed by atoms with Crippen LogP contribution < -0.4 is 9.47 Å². The normalized spacial score (nSPS) is 16.7. The van der Waals surface area contributed by atoms with Crippen molar-refractivity contribution in [2.45, 2.75) is 32.8 Å². The van der Waals surface area contributed by atoms with E-state index in [1.165, 1.54) is 12.1 Å². The molecule has 0 bridgehead atoms. The quantitative estimate of drug-likeness (QED) is 0.213. The highest BCUT2D eigenvalue weighted by molar-refractivity contribution is 9.10. The van der Waals surface area contributed by atoms with Crippen molar-refractivity contribution in [2.75, 3.05) is 26.2 Å². The molecule has 200 valence electrons. The van der Waals surface area contributed by atoms with Crippen molar-refractivity contribution >= 4 is 56.5 Å². The van der Waals surface area contributed by atoms with Gasteiger partial charge >= 0.3 is 0 Å². The summed E-state index contributed by atoms with van der Waals surface area (Å²) in [4.78, 5) is 51.4. The van der Waals surface area contributed by atoms with Crippen LogP contribution in [0.1, 0.15) is 37.3 Å². The van der Waals surface area contributed by atoms with Gasteiger partial charge in [-0.3, -0.25) is 29.4 Å². The third-order valence-electron chi connectivity index (χ3n) is 6.04. The number of thioether (sulfide) groups is 1. The predicted molar refractivity (Wildman–Crippen MR) is 146 cm³/mol. The van der Waals surface area contributed by atoms with E-state index in [-0.39, 0.29) is 29.7 Å². The van der Waals surface area contributed by atoms with E-state index < -0.39 is 16.1 Å². The van der Waals surface area contributed by atoms with Crippen molar-refractivity contribution < 1.29 is 28.8 Å². The minimum absolute atomic E-state index is 0.00503. The molecule has 3 amide bonds. The van der Waals surface area contributed by atoms with Crippen molar-refractivity contribution in [3.8, 4) is 11.5 Å². The predicted octanol–water partition coefficient (Wildman–Crippen LogP) is 5.38. The van der Waals surface area contributed by atoms with Gasteiger partial charge in [0, 0.05) is 25.2 Å². The molecule has 0 aromatic heterocycles. The number of carbonyl (C=O) groups excluding carboxylic acids is 3. The number of nitro groups is 1. The fourth-order valence-corrected chi connectivity index (χ4v) is 5.52. The Balaban J connectivity index is 1.49. The molecule has 0 radical (unpaired) electrons. The lowest BCUT2D eigenvalue weighted by molar-refractivity contribution is -0.384. The summed E-state index contributed by atoms with van der Waals surface area (Å²) in [6.07, 6.45) is 4.52. The van der Waals surface area contributed by atoms with Crippen molar-refractivity contribution in [3.63, 3.8) is 0 Å².